The maximum atomic E-state index is 10.7. The van der Waals surface area contributed by atoms with Crippen LogP contribution in [0.15, 0.2) is 48.5 Å². The van der Waals surface area contributed by atoms with Gasteiger partial charge >= 0.3 is 5.97 Å². The SMILES string of the molecule is CC(=O)OCCCOc1ccc(Cc2ccc(OCCCCl)cc2)cc1. The van der Waals surface area contributed by atoms with Crippen LogP contribution in [0.1, 0.15) is 30.9 Å². The van der Waals surface area contributed by atoms with Crippen molar-refractivity contribution in [1.29, 1.82) is 0 Å². The van der Waals surface area contributed by atoms with E-state index in [0.717, 1.165) is 24.3 Å². The summed E-state index contributed by atoms with van der Waals surface area (Å²) < 4.78 is 16.1. The number of rotatable bonds is 11. The van der Waals surface area contributed by atoms with Crippen LogP contribution >= 0.6 is 11.6 Å². The topological polar surface area (TPSA) is 44.8 Å². The number of hydrogen-bond acceptors (Lipinski definition) is 4. The smallest absolute Gasteiger partial charge is 0.302 e. The molecule has 0 heterocycles. The number of halogens is 1. The standard InChI is InChI=1S/C21H25ClO4/c1-17(23)24-14-3-15-26-21-10-6-19(7-11-21)16-18-4-8-20(9-5-18)25-13-2-12-22/h4-11H,2-3,12-16H2,1H3. The van der Waals surface area contributed by atoms with Gasteiger partial charge in [-0.25, -0.2) is 0 Å². The lowest BCUT2D eigenvalue weighted by atomic mass is 10.0. The largest absolute Gasteiger partial charge is 0.494 e. The highest BCUT2D eigenvalue weighted by Gasteiger charge is 2.00. The van der Waals surface area contributed by atoms with Crippen molar-refractivity contribution in [3.05, 3.63) is 59.7 Å². The van der Waals surface area contributed by atoms with Crippen LogP contribution in [0.3, 0.4) is 0 Å². The zero-order valence-electron chi connectivity index (χ0n) is 15.1. The minimum atomic E-state index is -0.260. The summed E-state index contributed by atoms with van der Waals surface area (Å²) in [4.78, 5) is 10.7. The van der Waals surface area contributed by atoms with Gasteiger partial charge in [0.05, 0.1) is 19.8 Å². The molecule has 4 nitrogen and oxygen atoms in total. The third-order valence-corrected chi connectivity index (χ3v) is 3.93. The van der Waals surface area contributed by atoms with E-state index in [4.69, 9.17) is 25.8 Å². The molecule has 0 N–H and O–H groups in total. The molecule has 0 aliphatic heterocycles. The molecular formula is C21H25ClO4. The second-order valence-corrected chi connectivity index (χ2v) is 6.28. The summed E-state index contributed by atoms with van der Waals surface area (Å²) in [6, 6.07) is 16.2. The molecule has 0 bridgehead atoms. The maximum absolute atomic E-state index is 10.7. The third-order valence-electron chi connectivity index (χ3n) is 3.66. The average molecular weight is 377 g/mol. The summed E-state index contributed by atoms with van der Waals surface area (Å²) in [6.07, 6.45) is 2.39. The highest BCUT2D eigenvalue weighted by molar-refractivity contribution is 6.17. The van der Waals surface area contributed by atoms with Crippen LogP contribution in [-0.4, -0.2) is 31.7 Å². The fourth-order valence-corrected chi connectivity index (χ4v) is 2.46. The predicted octanol–water partition coefficient (Wildman–Crippen LogP) is 4.62. The molecule has 0 fully saturated rings. The maximum Gasteiger partial charge on any atom is 0.302 e. The van der Waals surface area contributed by atoms with Crippen molar-refractivity contribution < 1.29 is 19.0 Å². The lowest BCUT2D eigenvalue weighted by Crippen LogP contribution is -2.05. The van der Waals surface area contributed by atoms with Gasteiger partial charge in [0.25, 0.3) is 0 Å². The van der Waals surface area contributed by atoms with Crippen molar-refractivity contribution in [3.8, 4) is 11.5 Å². The number of benzene rings is 2. The van der Waals surface area contributed by atoms with Crippen molar-refractivity contribution in [1.82, 2.24) is 0 Å². The highest BCUT2D eigenvalue weighted by Crippen LogP contribution is 2.18. The number of carbonyl (C=O) groups excluding carboxylic acids is 1. The van der Waals surface area contributed by atoms with E-state index in [9.17, 15) is 4.79 Å². The minimum Gasteiger partial charge on any atom is -0.494 e. The van der Waals surface area contributed by atoms with E-state index < -0.39 is 0 Å². The van der Waals surface area contributed by atoms with Crippen LogP contribution in [0.4, 0.5) is 0 Å². The molecule has 0 saturated carbocycles. The van der Waals surface area contributed by atoms with Gasteiger partial charge in [-0.2, -0.15) is 0 Å². The molecule has 0 atom stereocenters. The Bertz CT molecular complexity index is 653. The molecule has 26 heavy (non-hydrogen) atoms. The van der Waals surface area contributed by atoms with E-state index in [1.54, 1.807) is 0 Å². The summed E-state index contributed by atoms with van der Waals surface area (Å²) in [5, 5.41) is 0. The van der Waals surface area contributed by atoms with Crippen LogP contribution in [-0.2, 0) is 16.0 Å². The first-order valence-corrected chi connectivity index (χ1v) is 9.33. The Kier molecular flexibility index (Phi) is 8.84. The Morgan fingerprint density at radius 2 is 1.31 bits per heavy atom. The van der Waals surface area contributed by atoms with Gasteiger partial charge in [-0.3, -0.25) is 4.79 Å². The van der Waals surface area contributed by atoms with Crippen LogP contribution in [0.2, 0.25) is 0 Å². The van der Waals surface area contributed by atoms with Gasteiger partial charge < -0.3 is 14.2 Å². The number of hydrogen-bond donors (Lipinski definition) is 0. The Morgan fingerprint density at radius 3 is 1.77 bits per heavy atom. The first kappa shape index (κ1) is 20.1. The van der Waals surface area contributed by atoms with Gasteiger partial charge in [-0.05, 0) is 48.2 Å². The van der Waals surface area contributed by atoms with Crippen molar-refractivity contribution in [2.75, 3.05) is 25.7 Å². The second kappa shape index (κ2) is 11.4. The molecule has 0 aliphatic carbocycles. The summed E-state index contributed by atoms with van der Waals surface area (Å²) >= 11 is 5.64. The summed E-state index contributed by atoms with van der Waals surface area (Å²) in [6.45, 7) is 2.96. The minimum absolute atomic E-state index is 0.260. The number of carbonyl (C=O) groups is 1. The molecular weight excluding hydrogens is 352 g/mol. The number of ether oxygens (including phenoxy) is 3. The van der Waals surface area contributed by atoms with Crippen LogP contribution in [0, 0.1) is 0 Å². The molecule has 0 aromatic heterocycles. The van der Waals surface area contributed by atoms with Gasteiger partial charge in [0.15, 0.2) is 0 Å². The van der Waals surface area contributed by atoms with Gasteiger partial charge in [-0.15, -0.1) is 11.6 Å². The third kappa shape index (κ3) is 7.79. The zero-order valence-corrected chi connectivity index (χ0v) is 15.8. The molecule has 0 unspecified atom stereocenters. The van der Waals surface area contributed by atoms with E-state index in [0.29, 0.717) is 32.1 Å². The van der Waals surface area contributed by atoms with E-state index in [-0.39, 0.29) is 5.97 Å². The Balaban J connectivity index is 1.75. The normalized spacial score (nSPS) is 10.4. The first-order valence-electron chi connectivity index (χ1n) is 8.80. The van der Waals surface area contributed by atoms with E-state index in [1.807, 2.05) is 24.3 Å². The number of alkyl halides is 1. The van der Waals surface area contributed by atoms with E-state index >= 15 is 0 Å². The fraction of sp³-hybridized carbons (Fsp3) is 0.381. The van der Waals surface area contributed by atoms with Gasteiger partial charge in [0.1, 0.15) is 11.5 Å². The quantitative estimate of drug-likeness (QED) is 0.326. The van der Waals surface area contributed by atoms with Gasteiger partial charge in [0, 0.05) is 19.2 Å². The van der Waals surface area contributed by atoms with Crippen molar-refractivity contribution in [2.45, 2.75) is 26.2 Å². The van der Waals surface area contributed by atoms with E-state index in [1.165, 1.54) is 18.1 Å². The molecule has 0 saturated heterocycles. The number of esters is 1. The molecule has 140 valence electrons. The van der Waals surface area contributed by atoms with Gasteiger partial charge in [-0.1, -0.05) is 24.3 Å². The summed E-state index contributed by atoms with van der Waals surface area (Å²) in [7, 11) is 0. The monoisotopic (exact) mass is 376 g/mol. The fourth-order valence-electron chi connectivity index (χ4n) is 2.35. The molecule has 0 spiro atoms. The molecule has 2 rings (SSSR count). The lowest BCUT2D eigenvalue weighted by molar-refractivity contribution is -0.141. The average Bonchev–Trinajstić information content (AvgIpc) is 2.64. The second-order valence-electron chi connectivity index (χ2n) is 5.90. The first-order chi connectivity index (χ1) is 12.7. The summed E-state index contributed by atoms with van der Waals surface area (Å²) in [5.74, 6) is 2.05. The predicted molar refractivity (Wildman–Crippen MR) is 103 cm³/mol. The summed E-state index contributed by atoms with van der Waals surface area (Å²) in [5.41, 5.74) is 2.44. The molecule has 0 amide bonds. The van der Waals surface area contributed by atoms with Crippen molar-refractivity contribution in [2.24, 2.45) is 0 Å². The molecule has 0 aliphatic rings. The van der Waals surface area contributed by atoms with Crippen LogP contribution in [0.5, 0.6) is 11.5 Å². The molecule has 2 aromatic carbocycles. The molecule has 0 radical (unpaired) electrons. The van der Waals surface area contributed by atoms with Crippen LogP contribution < -0.4 is 9.47 Å². The highest BCUT2D eigenvalue weighted by atomic mass is 35.5. The Morgan fingerprint density at radius 1 is 0.808 bits per heavy atom. The van der Waals surface area contributed by atoms with Crippen LogP contribution in [0.25, 0.3) is 0 Å². The van der Waals surface area contributed by atoms with Gasteiger partial charge in [0.2, 0.25) is 0 Å². The molecule has 2 aromatic rings. The van der Waals surface area contributed by atoms with Crippen molar-refractivity contribution >= 4 is 17.6 Å². The Labute approximate surface area is 160 Å². The lowest BCUT2D eigenvalue weighted by Gasteiger charge is -2.08. The zero-order chi connectivity index (χ0) is 18.6. The van der Waals surface area contributed by atoms with Crippen molar-refractivity contribution in [3.63, 3.8) is 0 Å². The van der Waals surface area contributed by atoms with E-state index in [2.05, 4.69) is 24.3 Å². The Hall–Kier alpha value is -2.20. The molecule has 5 heteroatoms.